The van der Waals surface area contributed by atoms with Crippen LogP contribution >= 0.6 is 0 Å². The lowest BCUT2D eigenvalue weighted by molar-refractivity contribution is -0.135. The van der Waals surface area contributed by atoms with Crippen LogP contribution in [0.5, 0.6) is 0 Å². The van der Waals surface area contributed by atoms with E-state index in [1.54, 1.807) is 14.1 Å². The molecule has 3 atom stereocenters. The number of benzene rings is 1. The monoisotopic (exact) mass is 414 g/mol. The Hall–Kier alpha value is -2.34. The fourth-order valence-electron chi connectivity index (χ4n) is 4.00. The summed E-state index contributed by atoms with van der Waals surface area (Å²) in [6.07, 6.45) is 10.1. The van der Waals surface area contributed by atoms with Crippen LogP contribution in [0.15, 0.2) is 41.5 Å². The molecular weight excluding hydrogens is 380 g/mol. The van der Waals surface area contributed by atoms with Crippen LogP contribution in [-0.4, -0.2) is 46.8 Å². The number of nitrogens with zero attached hydrogens (tertiary/aromatic N) is 4. The molecule has 1 aliphatic rings. The number of rotatable bonds is 10. The molecule has 7 nitrogen and oxygen atoms in total. The van der Waals surface area contributed by atoms with E-state index in [-0.39, 0.29) is 18.2 Å². The first-order valence-corrected chi connectivity index (χ1v) is 10.7. The quantitative estimate of drug-likeness (QED) is 0.191. The highest BCUT2D eigenvalue weighted by Crippen LogP contribution is 2.36. The summed E-state index contributed by atoms with van der Waals surface area (Å²) in [6.45, 7) is 0. The molecule has 1 saturated carbocycles. The van der Waals surface area contributed by atoms with Crippen molar-refractivity contribution in [3.05, 3.63) is 52.4 Å². The van der Waals surface area contributed by atoms with Crippen LogP contribution < -0.4 is 0 Å². The van der Waals surface area contributed by atoms with Crippen molar-refractivity contribution in [2.45, 2.75) is 69.5 Å². The molecule has 0 aliphatic heterocycles. The van der Waals surface area contributed by atoms with E-state index < -0.39 is 11.7 Å². The highest BCUT2D eigenvalue weighted by Gasteiger charge is 2.35. The highest BCUT2D eigenvalue weighted by atomic mass is 16.3. The average Bonchev–Trinajstić information content (AvgIpc) is 2.71. The van der Waals surface area contributed by atoms with Crippen molar-refractivity contribution in [3.63, 3.8) is 0 Å². The summed E-state index contributed by atoms with van der Waals surface area (Å²) in [5.41, 5.74) is 9.29. The third-order valence-electron chi connectivity index (χ3n) is 5.76. The predicted molar refractivity (Wildman–Crippen MR) is 118 cm³/mol. The van der Waals surface area contributed by atoms with Gasteiger partial charge in [0.2, 0.25) is 5.91 Å². The van der Waals surface area contributed by atoms with Crippen LogP contribution in [0.2, 0.25) is 0 Å². The van der Waals surface area contributed by atoms with Crippen molar-refractivity contribution in [1.82, 2.24) is 4.90 Å². The zero-order valence-corrected chi connectivity index (χ0v) is 18.1. The van der Waals surface area contributed by atoms with Crippen LogP contribution in [0.4, 0.5) is 5.69 Å². The SMILES string of the molecule is CN(C)C(=O)C[C@@]1(O)CCCC(/C=C/[C@@H](O)CCCCc2ccc(N=[N+]=[N-])cc2)C1. The van der Waals surface area contributed by atoms with Crippen LogP contribution in [0.3, 0.4) is 0 Å². The van der Waals surface area contributed by atoms with E-state index in [0.717, 1.165) is 32.1 Å². The van der Waals surface area contributed by atoms with Gasteiger partial charge in [-0.05, 0) is 62.0 Å². The van der Waals surface area contributed by atoms with Gasteiger partial charge in [0.15, 0.2) is 0 Å². The Balaban J connectivity index is 1.71. The van der Waals surface area contributed by atoms with Crippen LogP contribution in [0, 0.1) is 5.92 Å². The van der Waals surface area contributed by atoms with Gasteiger partial charge >= 0.3 is 0 Å². The lowest BCUT2D eigenvalue weighted by atomic mass is 9.76. The molecule has 164 valence electrons. The molecule has 0 heterocycles. The van der Waals surface area contributed by atoms with Gasteiger partial charge in [-0.15, -0.1) is 0 Å². The first-order chi connectivity index (χ1) is 14.3. The van der Waals surface area contributed by atoms with Crippen molar-refractivity contribution >= 4 is 11.6 Å². The van der Waals surface area contributed by atoms with Crippen molar-refractivity contribution in [1.29, 1.82) is 0 Å². The molecule has 1 fully saturated rings. The van der Waals surface area contributed by atoms with Crippen molar-refractivity contribution in [2.75, 3.05) is 14.1 Å². The van der Waals surface area contributed by atoms with Crippen molar-refractivity contribution in [2.24, 2.45) is 11.0 Å². The molecule has 1 unspecified atom stereocenters. The van der Waals surface area contributed by atoms with Gasteiger partial charge in [-0.3, -0.25) is 4.79 Å². The third-order valence-corrected chi connectivity index (χ3v) is 5.76. The standard InChI is InChI=1S/C23H34N4O3/c1-27(2)22(29)17-23(30)15-5-7-19(16-23)11-14-21(28)8-4-3-6-18-9-12-20(13-10-18)25-26-24/h9-14,19,21,28,30H,3-8,15-17H2,1-2H3/b14-11+/t19?,21-,23+/m0/s1. The molecule has 0 bridgehead atoms. The number of aliphatic hydroxyl groups excluding tert-OH is 1. The Morgan fingerprint density at radius 1 is 1.37 bits per heavy atom. The van der Waals surface area contributed by atoms with Crippen LogP contribution in [0.25, 0.3) is 10.4 Å². The number of azide groups is 1. The lowest BCUT2D eigenvalue weighted by Gasteiger charge is -2.36. The number of carbonyl (C=O) groups excluding carboxylic acids is 1. The number of hydrogen-bond donors (Lipinski definition) is 2. The maximum atomic E-state index is 12.0. The first-order valence-electron chi connectivity index (χ1n) is 10.7. The highest BCUT2D eigenvalue weighted by molar-refractivity contribution is 5.76. The van der Waals surface area contributed by atoms with Gasteiger partial charge in [0.1, 0.15) is 0 Å². The number of amides is 1. The van der Waals surface area contributed by atoms with E-state index in [9.17, 15) is 15.0 Å². The van der Waals surface area contributed by atoms with E-state index in [4.69, 9.17) is 5.53 Å². The summed E-state index contributed by atoms with van der Waals surface area (Å²) >= 11 is 0. The molecule has 1 aliphatic carbocycles. The molecule has 0 saturated heterocycles. The van der Waals surface area contributed by atoms with E-state index in [0.29, 0.717) is 24.9 Å². The Morgan fingerprint density at radius 2 is 2.10 bits per heavy atom. The largest absolute Gasteiger partial charge is 0.389 e. The maximum Gasteiger partial charge on any atom is 0.224 e. The zero-order chi connectivity index (χ0) is 22.0. The summed E-state index contributed by atoms with van der Waals surface area (Å²) in [5, 5.41) is 24.6. The zero-order valence-electron chi connectivity index (χ0n) is 18.1. The minimum absolute atomic E-state index is 0.0467. The molecule has 1 amide bonds. The normalized spacial score (nSPS) is 22.5. The van der Waals surface area contributed by atoms with E-state index in [1.807, 2.05) is 36.4 Å². The lowest BCUT2D eigenvalue weighted by Crippen LogP contribution is -2.40. The summed E-state index contributed by atoms with van der Waals surface area (Å²) in [4.78, 5) is 16.3. The molecule has 0 spiro atoms. The Labute approximate surface area is 179 Å². The number of carbonyl (C=O) groups is 1. The van der Waals surface area contributed by atoms with Crippen molar-refractivity contribution < 1.29 is 15.0 Å². The molecule has 1 aromatic carbocycles. The van der Waals surface area contributed by atoms with Gasteiger partial charge in [-0.25, -0.2) is 0 Å². The second-order valence-corrected chi connectivity index (χ2v) is 8.60. The molecule has 2 rings (SSSR count). The Morgan fingerprint density at radius 3 is 2.77 bits per heavy atom. The molecule has 0 radical (unpaired) electrons. The van der Waals surface area contributed by atoms with E-state index >= 15 is 0 Å². The number of aliphatic hydroxyl groups is 2. The maximum absolute atomic E-state index is 12.0. The van der Waals surface area contributed by atoms with E-state index in [1.165, 1.54) is 10.5 Å². The fraction of sp³-hybridized carbons (Fsp3) is 0.609. The molecule has 2 N–H and O–H groups in total. The molecule has 0 aromatic heterocycles. The van der Waals surface area contributed by atoms with Crippen LogP contribution in [-0.2, 0) is 11.2 Å². The minimum Gasteiger partial charge on any atom is -0.389 e. The summed E-state index contributed by atoms with van der Waals surface area (Å²) in [6, 6.07) is 7.55. The average molecular weight is 415 g/mol. The second kappa shape index (κ2) is 11.7. The number of unbranched alkanes of at least 4 members (excludes halogenated alkanes) is 1. The predicted octanol–water partition coefficient (Wildman–Crippen LogP) is 4.66. The van der Waals surface area contributed by atoms with Gasteiger partial charge in [0.05, 0.1) is 18.1 Å². The second-order valence-electron chi connectivity index (χ2n) is 8.60. The number of hydrogen-bond acceptors (Lipinski definition) is 4. The first kappa shape index (κ1) is 23.9. The van der Waals surface area contributed by atoms with Gasteiger partial charge in [-0.2, -0.15) is 0 Å². The topological polar surface area (TPSA) is 110 Å². The number of aryl methyl sites for hydroxylation is 1. The summed E-state index contributed by atoms with van der Waals surface area (Å²) in [7, 11) is 3.42. The fourth-order valence-corrected chi connectivity index (χ4v) is 4.00. The van der Waals surface area contributed by atoms with Gasteiger partial charge in [0.25, 0.3) is 0 Å². The van der Waals surface area contributed by atoms with Gasteiger partial charge in [0, 0.05) is 24.7 Å². The Bertz CT molecular complexity index is 756. The summed E-state index contributed by atoms with van der Waals surface area (Å²) < 4.78 is 0. The minimum atomic E-state index is -0.937. The number of allylic oxidation sites excluding steroid dienone is 1. The van der Waals surface area contributed by atoms with Crippen LogP contribution in [0.1, 0.15) is 56.9 Å². The van der Waals surface area contributed by atoms with Crippen molar-refractivity contribution in [3.8, 4) is 0 Å². The Kier molecular flexibility index (Phi) is 9.37. The molecular formula is C23H34N4O3. The smallest absolute Gasteiger partial charge is 0.224 e. The third kappa shape index (κ3) is 8.19. The van der Waals surface area contributed by atoms with Gasteiger partial charge < -0.3 is 15.1 Å². The molecule has 7 heteroatoms. The van der Waals surface area contributed by atoms with E-state index in [2.05, 4.69) is 10.0 Å². The summed E-state index contributed by atoms with van der Waals surface area (Å²) in [5.74, 6) is 0.151. The van der Waals surface area contributed by atoms with Gasteiger partial charge in [-0.1, -0.05) is 48.0 Å². The molecule has 1 aromatic rings. The molecule has 30 heavy (non-hydrogen) atoms.